The van der Waals surface area contributed by atoms with Crippen LogP contribution in [-0.4, -0.2) is 41.1 Å². The molecule has 20 heavy (non-hydrogen) atoms. The van der Waals surface area contributed by atoms with Crippen LogP contribution in [0.25, 0.3) is 0 Å². The van der Waals surface area contributed by atoms with Gasteiger partial charge >= 0.3 is 0 Å². The Balaban J connectivity index is 1.61. The molecule has 0 bridgehead atoms. The zero-order chi connectivity index (χ0) is 13.9. The Morgan fingerprint density at radius 2 is 2.20 bits per heavy atom. The van der Waals surface area contributed by atoms with Crippen LogP contribution in [0.1, 0.15) is 18.9 Å². The molecule has 3 rings (SSSR count). The van der Waals surface area contributed by atoms with Crippen molar-refractivity contribution in [1.29, 1.82) is 0 Å². The highest BCUT2D eigenvalue weighted by Crippen LogP contribution is 2.28. The molecule has 4 heteroatoms. The van der Waals surface area contributed by atoms with Crippen LogP contribution < -0.4 is 5.32 Å². The van der Waals surface area contributed by atoms with Crippen LogP contribution in [0.2, 0.25) is 0 Å². The minimum Gasteiger partial charge on any atom is -0.338 e. The summed E-state index contributed by atoms with van der Waals surface area (Å²) in [6, 6.07) is 11.0. The van der Waals surface area contributed by atoms with Crippen LogP contribution in [-0.2, 0) is 11.2 Å². The molecule has 1 aromatic rings. The van der Waals surface area contributed by atoms with E-state index in [0.717, 1.165) is 31.0 Å². The van der Waals surface area contributed by atoms with Gasteiger partial charge in [0.1, 0.15) is 0 Å². The lowest BCUT2D eigenvalue weighted by atomic mass is 9.93. The van der Waals surface area contributed by atoms with Crippen LogP contribution in [0.5, 0.6) is 0 Å². The summed E-state index contributed by atoms with van der Waals surface area (Å²) in [6.07, 6.45) is 2.21. The predicted octanol–water partition coefficient (Wildman–Crippen LogP) is 2.13. The van der Waals surface area contributed by atoms with Gasteiger partial charge in [0.05, 0.1) is 6.04 Å². The normalized spacial score (nSPS) is 29.9. The van der Waals surface area contributed by atoms with Gasteiger partial charge in [-0.05, 0) is 31.2 Å². The number of carbonyl (C=O) groups excluding carboxylic acids is 1. The van der Waals surface area contributed by atoms with Crippen LogP contribution in [0.3, 0.4) is 0 Å². The summed E-state index contributed by atoms with van der Waals surface area (Å²) in [7, 11) is 0. The fourth-order valence-electron chi connectivity index (χ4n) is 3.26. The standard InChI is InChI=1S/C16H22N2OS/c1-12-14(9-13-5-3-2-4-6-13)7-8-18(12)16(19)15-10-20-11-17-15/h2-6,12,14-15,17H,7-11H2,1H3/t12-,14+,15+/m1/s1. The number of likely N-dealkylation sites (tertiary alicyclic amines) is 1. The molecule has 1 aromatic carbocycles. The van der Waals surface area contributed by atoms with E-state index in [0.29, 0.717) is 17.9 Å². The molecule has 0 unspecified atom stereocenters. The predicted molar refractivity (Wildman–Crippen MR) is 83.7 cm³/mol. The van der Waals surface area contributed by atoms with Gasteiger partial charge < -0.3 is 4.90 Å². The van der Waals surface area contributed by atoms with E-state index >= 15 is 0 Å². The number of thioether (sulfide) groups is 1. The van der Waals surface area contributed by atoms with Crippen LogP contribution >= 0.6 is 11.8 Å². The van der Waals surface area contributed by atoms with Crippen molar-refractivity contribution in [3.8, 4) is 0 Å². The number of benzene rings is 1. The smallest absolute Gasteiger partial charge is 0.240 e. The Hall–Kier alpha value is -1.000. The summed E-state index contributed by atoms with van der Waals surface area (Å²) in [5, 5.41) is 3.29. The third-order valence-electron chi connectivity index (χ3n) is 4.55. The van der Waals surface area contributed by atoms with Gasteiger partial charge in [0.15, 0.2) is 0 Å². The van der Waals surface area contributed by atoms with Crippen molar-refractivity contribution in [1.82, 2.24) is 10.2 Å². The van der Waals surface area contributed by atoms with E-state index in [-0.39, 0.29) is 6.04 Å². The lowest BCUT2D eigenvalue weighted by molar-refractivity contribution is -0.133. The average Bonchev–Trinajstić information content (AvgIpc) is 3.11. The second-order valence-electron chi connectivity index (χ2n) is 5.78. The SMILES string of the molecule is C[C@@H]1[C@H](Cc2ccccc2)CCN1C(=O)[C@@H]1CSCN1. The number of hydrogen-bond donors (Lipinski definition) is 1. The van der Waals surface area contributed by atoms with E-state index in [4.69, 9.17) is 0 Å². The van der Waals surface area contributed by atoms with E-state index < -0.39 is 0 Å². The Morgan fingerprint density at radius 3 is 2.90 bits per heavy atom. The second kappa shape index (κ2) is 6.19. The first kappa shape index (κ1) is 14.0. The lowest BCUT2D eigenvalue weighted by Gasteiger charge is -2.27. The number of carbonyl (C=O) groups is 1. The minimum atomic E-state index is 0.0397. The Morgan fingerprint density at radius 1 is 1.40 bits per heavy atom. The maximum Gasteiger partial charge on any atom is 0.240 e. The third-order valence-corrected chi connectivity index (χ3v) is 5.49. The zero-order valence-corrected chi connectivity index (χ0v) is 12.7. The summed E-state index contributed by atoms with van der Waals surface area (Å²) in [6.45, 7) is 3.13. The molecule has 108 valence electrons. The summed E-state index contributed by atoms with van der Waals surface area (Å²) in [5.74, 6) is 2.73. The van der Waals surface area contributed by atoms with Gasteiger partial charge in [-0.2, -0.15) is 0 Å². The fraction of sp³-hybridized carbons (Fsp3) is 0.562. The highest BCUT2D eigenvalue weighted by molar-refractivity contribution is 7.99. The number of nitrogens with one attached hydrogen (secondary N) is 1. The van der Waals surface area contributed by atoms with Gasteiger partial charge in [-0.1, -0.05) is 30.3 Å². The Bertz CT molecular complexity index is 459. The molecule has 2 aliphatic rings. The van der Waals surface area contributed by atoms with E-state index in [1.807, 2.05) is 11.8 Å². The molecule has 2 saturated heterocycles. The number of hydrogen-bond acceptors (Lipinski definition) is 3. The zero-order valence-electron chi connectivity index (χ0n) is 11.9. The molecule has 1 amide bonds. The van der Waals surface area contributed by atoms with Crippen molar-refractivity contribution < 1.29 is 4.79 Å². The summed E-state index contributed by atoms with van der Waals surface area (Å²) >= 11 is 1.82. The van der Waals surface area contributed by atoms with Crippen molar-refractivity contribution in [2.24, 2.45) is 5.92 Å². The molecule has 0 spiro atoms. The first-order chi connectivity index (χ1) is 9.75. The molecule has 2 fully saturated rings. The van der Waals surface area contributed by atoms with Crippen molar-refractivity contribution in [3.63, 3.8) is 0 Å². The summed E-state index contributed by atoms with van der Waals surface area (Å²) in [4.78, 5) is 14.6. The van der Waals surface area contributed by atoms with Crippen LogP contribution in [0, 0.1) is 5.92 Å². The maximum atomic E-state index is 12.5. The molecular formula is C16H22N2OS. The molecule has 3 nitrogen and oxygen atoms in total. The highest BCUT2D eigenvalue weighted by Gasteiger charge is 2.37. The molecule has 0 saturated carbocycles. The molecule has 0 aromatic heterocycles. The monoisotopic (exact) mass is 290 g/mol. The van der Waals surface area contributed by atoms with Crippen molar-refractivity contribution in [2.75, 3.05) is 18.2 Å². The van der Waals surface area contributed by atoms with Crippen molar-refractivity contribution in [2.45, 2.75) is 31.8 Å². The molecule has 0 aliphatic carbocycles. The van der Waals surface area contributed by atoms with E-state index in [9.17, 15) is 4.79 Å². The number of nitrogens with zero attached hydrogens (tertiary/aromatic N) is 1. The van der Waals surface area contributed by atoms with Gasteiger partial charge in [0, 0.05) is 24.2 Å². The van der Waals surface area contributed by atoms with E-state index in [1.54, 1.807) is 0 Å². The van der Waals surface area contributed by atoms with Gasteiger partial charge in [-0.15, -0.1) is 11.8 Å². The Labute approximate surface area is 125 Å². The Kier molecular flexibility index (Phi) is 4.32. The molecule has 0 radical (unpaired) electrons. The van der Waals surface area contributed by atoms with Gasteiger partial charge in [0.2, 0.25) is 5.91 Å². The molecule has 2 heterocycles. The summed E-state index contributed by atoms with van der Waals surface area (Å²) < 4.78 is 0. The van der Waals surface area contributed by atoms with E-state index in [1.165, 1.54) is 5.56 Å². The minimum absolute atomic E-state index is 0.0397. The van der Waals surface area contributed by atoms with Gasteiger partial charge in [-0.3, -0.25) is 10.1 Å². The summed E-state index contributed by atoms with van der Waals surface area (Å²) in [5.41, 5.74) is 1.38. The molecule has 2 aliphatic heterocycles. The first-order valence-corrected chi connectivity index (χ1v) is 8.56. The van der Waals surface area contributed by atoms with Crippen molar-refractivity contribution >= 4 is 17.7 Å². The topological polar surface area (TPSA) is 32.3 Å². The van der Waals surface area contributed by atoms with Gasteiger partial charge in [-0.25, -0.2) is 0 Å². The van der Waals surface area contributed by atoms with Crippen LogP contribution in [0.15, 0.2) is 30.3 Å². The second-order valence-corrected chi connectivity index (χ2v) is 6.81. The molecular weight excluding hydrogens is 268 g/mol. The highest BCUT2D eigenvalue weighted by atomic mass is 32.2. The quantitative estimate of drug-likeness (QED) is 0.925. The third kappa shape index (κ3) is 2.86. The molecule has 3 atom stereocenters. The largest absolute Gasteiger partial charge is 0.338 e. The fourth-order valence-corrected chi connectivity index (χ4v) is 4.19. The number of rotatable bonds is 3. The number of amides is 1. The van der Waals surface area contributed by atoms with Crippen LogP contribution in [0.4, 0.5) is 0 Å². The average molecular weight is 290 g/mol. The van der Waals surface area contributed by atoms with E-state index in [2.05, 4.69) is 47.5 Å². The first-order valence-electron chi connectivity index (χ1n) is 7.41. The van der Waals surface area contributed by atoms with Crippen molar-refractivity contribution in [3.05, 3.63) is 35.9 Å². The molecule has 1 N–H and O–H groups in total. The van der Waals surface area contributed by atoms with Gasteiger partial charge in [0.25, 0.3) is 0 Å². The maximum absolute atomic E-state index is 12.5. The lowest BCUT2D eigenvalue weighted by Crippen LogP contribution is -2.47.